The molecule has 0 saturated heterocycles. The molecule has 0 unspecified atom stereocenters. The summed E-state index contributed by atoms with van der Waals surface area (Å²) >= 11 is 0. The Bertz CT molecular complexity index is 1200. The van der Waals surface area contributed by atoms with Crippen LogP contribution in [0.25, 0.3) is 10.9 Å². The molecule has 3 aromatic carbocycles. The van der Waals surface area contributed by atoms with E-state index in [4.69, 9.17) is 22.3 Å². The number of hydrogen-bond donors (Lipinski definition) is 5. The van der Waals surface area contributed by atoms with Gasteiger partial charge in [-0.3, -0.25) is 10.8 Å². The van der Waals surface area contributed by atoms with Gasteiger partial charge in [-0.05, 0) is 34.7 Å². The molecule has 150 valence electrons. The maximum Gasteiger partial charge on any atom is 0.122 e. The first-order valence-corrected chi connectivity index (χ1v) is 9.69. The zero-order valence-corrected chi connectivity index (χ0v) is 16.5. The Hall–Kier alpha value is -4.06. The van der Waals surface area contributed by atoms with Gasteiger partial charge in [0, 0.05) is 36.1 Å². The molecule has 0 spiro atoms. The molecular weight excluding hydrogens is 372 g/mol. The quantitative estimate of drug-likeness (QED) is 0.241. The predicted molar refractivity (Wildman–Crippen MR) is 123 cm³/mol. The fourth-order valence-electron chi connectivity index (χ4n) is 3.42. The van der Waals surface area contributed by atoms with E-state index in [1.165, 1.54) is 5.39 Å². The van der Waals surface area contributed by atoms with Crippen LogP contribution in [0, 0.1) is 10.8 Å². The van der Waals surface area contributed by atoms with Crippen molar-refractivity contribution in [1.29, 1.82) is 10.8 Å². The second-order valence-electron chi connectivity index (χ2n) is 7.29. The summed E-state index contributed by atoms with van der Waals surface area (Å²) in [6, 6.07) is 23.9. The highest BCUT2D eigenvalue weighted by Crippen LogP contribution is 2.22. The molecule has 0 radical (unpaired) electrons. The van der Waals surface area contributed by atoms with Crippen LogP contribution in [-0.2, 0) is 13.1 Å². The number of rotatable bonds is 7. The van der Waals surface area contributed by atoms with Gasteiger partial charge in [0.1, 0.15) is 11.7 Å². The molecule has 0 fully saturated rings. The summed E-state index contributed by atoms with van der Waals surface area (Å²) in [5, 5.41) is 19.6. The fraction of sp³-hybridized carbons (Fsp3) is 0.0833. The highest BCUT2D eigenvalue weighted by molar-refractivity contribution is 5.95. The van der Waals surface area contributed by atoms with E-state index >= 15 is 0 Å². The maximum absolute atomic E-state index is 7.52. The number of anilines is 1. The SMILES string of the molecule is N=C(N)c1ccc(CNc2ccc3ccn(Cc4ccc(C(=N)N)cc4)c3c2)cc1. The zero-order valence-electron chi connectivity index (χ0n) is 16.5. The Morgan fingerprint density at radius 3 is 1.97 bits per heavy atom. The van der Waals surface area contributed by atoms with Crippen molar-refractivity contribution in [3.8, 4) is 0 Å². The predicted octanol–water partition coefficient (Wildman–Crippen LogP) is 3.87. The van der Waals surface area contributed by atoms with Crippen LogP contribution in [0.5, 0.6) is 0 Å². The molecule has 0 bridgehead atoms. The van der Waals surface area contributed by atoms with Crippen molar-refractivity contribution in [2.24, 2.45) is 11.5 Å². The normalized spacial score (nSPS) is 10.8. The first kappa shape index (κ1) is 19.3. The van der Waals surface area contributed by atoms with Crippen LogP contribution in [-0.4, -0.2) is 16.2 Å². The Morgan fingerprint density at radius 1 is 0.767 bits per heavy atom. The summed E-state index contributed by atoms with van der Waals surface area (Å²) in [4.78, 5) is 0. The van der Waals surface area contributed by atoms with E-state index in [1.54, 1.807) is 0 Å². The van der Waals surface area contributed by atoms with E-state index in [-0.39, 0.29) is 11.7 Å². The Balaban J connectivity index is 1.49. The average molecular weight is 396 g/mol. The standard InChI is InChI=1S/C24H24N6/c25-23(26)19-5-1-16(2-6-19)14-29-21-10-9-18-11-12-30(22(18)13-21)15-17-3-7-20(8-4-17)24(27)28/h1-13,29H,14-15H2,(H3,25,26)(H3,27,28). The minimum atomic E-state index is 0.0802. The number of hydrogen-bond acceptors (Lipinski definition) is 3. The molecule has 6 nitrogen and oxygen atoms in total. The summed E-state index contributed by atoms with van der Waals surface area (Å²) < 4.78 is 2.21. The Morgan fingerprint density at radius 2 is 1.37 bits per heavy atom. The van der Waals surface area contributed by atoms with Gasteiger partial charge in [-0.15, -0.1) is 0 Å². The van der Waals surface area contributed by atoms with Crippen LogP contribution in [0.2, 0.25) is 0 Å². The van der Waals surface area contributed by atoms with Crippen molar-refractivity contribution in [3.05, 3.63) is 101 Å². The number of nitrogen functional groups attached to an aromatic ring is 2. The van der Waals surface area contributed by atoms with E-state index in [0.29, 0.717) is 6.54 Å². The van der Waals surface area contributed by atoms with Gasteiger partial charge >= 0.3 is 0 Å². The van der Waals surface area contributed by atoms with Crippen LogP contribution in [0.15, 0.2) is 79.0 Å². The molecule has 30 heavy (non-hydrogen) atoms. The van der Waals surface area contributed by atoms with Gasteiger partial charge in [0.25, 0.3) is 0 Å². The highest BCUT2D eigenvalue weighted by Gasteiger charge is 2.05. The van der Waals surface area contributed by atoms with Gasteiger partial charge in [0.2, 0.25) is 0 Å². The number of amidine groups is 2. The van der Waals surface area contributed by atoms with E-state index in [9.17, 15) is 0 Å². The molecule has 0 aliphatic carbocycles. The van der Waals surface area contributed by atoms with Gasteiger partial charge < -0.3 is 21.4 Å². The lowest BCUT2D eigenvalue weighted by molar-refractivity contribution is 0.837. The van der Waals surface area contributed by atoms with Crippen LogP contribution in [0.3, 0.4) is 0 Å². The van der Waals surface area contributed by atoms with E-state index < -0.39 is 0 Å². The number of aromatic nitrogens is 1. The molecule has 0 atom stereocenters. The molecule has 0 saturated carbocycles. The molecule has 0 amide bonds. The number of benzene rings is 3. The molecule has 7 N–H and O–H groups in total. The van der Waals surface area contributed by atoms with E-state index in [1.807, 2.05) is 48.5 Å². The topological polar surface area (TPSA) is 117 Å². The first-order chi connectivity index (χ1) is 14.5. The molecular formula is C24H24N6. The second-order valence-corrected chi connectivity index (χ2v) is 7.29. The lowest BCUT2D eigenvalue weighted by Crippen LogP contribution is -2.11. The van der Waals surface area contributed by atoms with Gasteiger partial charge in [0.05, 0.1) is 5.52 Å². The largest absolute Gasteiger partial charge is 0.384 e. The third kappa shape index (κ3) is 4.17. The van der Waals surface area contributed by atoms with Crippen molar-refractivity contribution in [2.75, 3.05) is 5.32 Å². The molecule has 1 aromatic heterocycles. The lowest BCUT2D eigenvalue weighted by atomic mass is 10.1. The van der Waals surface area contributed by atoms with Gasteiger partial charge in [-0.1, -0.05) is 54.6 Å². The summed E-state index contributed by atoms with van der Waals surface area (Å²) in [5.74, 6) is 0.163. The monoisotopic (exact) mass is 396 g/mol. The van der Waals surface area contributed by atoms with Crippen molar-refractivity contribution >= 4 is 28.3 Å². The van der Waals surface area contributed by atoms with Gasteiger partial charge in [0.15, 0.2) is 0 Å². The van der Waals surface area contributed by atoms with Crippen molar-refractivity contribution < 1.29 is 0 Å². The molecule has 1 heterocycles. The molecule has 6 heteroatoms. The van der Waals surface area contributed by atoms with Crippen LogP contribution in [0.4, 0.5) is 5.69 Å². The lowest BCUT2D eigenvalue weighted by Gasteiger charge is -2.10. The number of fused-ring (bicyclic) bond motifs is 1. The molecule has 0 aliphatic rings. The first-order valence-electron chi connectivity index (χ1n) is 9.69. The van der Waals surface area contributed by atoms with Crippen LogP contribution in [0.1, 0.15) is 22.3 Å². The van der Waals surface area contributed by atoms with Crippen molar-refractivity contribution in [2.45, 2.75) is 13.1 Å². The van der Waals surface area contributed by atoms with Crippen LogP contribution >= 0.6 is 0 Å². The van der Waals surface area contributed by atoms with E-state index in [0.717, 1.165) is 40.0 Å². The Kier molecular flexibility index (Phi) is 5.22. The second kappa shape index (κ2) is 8.13. The fourth-order valence-corrected chi connectivity index (χ4v) is 3.42. The zero-order chi connectivity index (χ0) is 21.1. The third-order valence-corrected chi connectivity index (χ3v) is 5.15. The minimum absolute atomic E-state index is 0.0802. The van der Waals surface area contributed by atoms with E-state index in [2.05, 4.69) is 40.3 Å². The maximum atomic E-state index is 7.52. The summed E-state index contributed by atoms with van der Waals surface area (Å²) in [6.45, 7) is 1.44. The van der Waals surface area contributed by atoms with Gasteiger partial charge in [-0.2, -0.15) is 0 Å². The highest BCUT2D eigenvalue weighted by atomic mass is 15.0. The summed E-state index contributed by atoms with van der Waals surface area (Å²) in [6.07, 6.45) is 2.09. The van der Waals surface area contributed by atoms with Gasteiger partial charge in [-0.25, -0.2) is 0 Å². The number of nitrogens with zero attached hydrogens (tertiary/aromatic N) is 1. The Labute approximate surface area is 175 Å². The number of nitrogens with one attached hydrogen (secondary N) is 3. The summed E-state index contributed by atoms with van der Waals surface area (Å²) in [7, 11) is 0. The van der Waals surface area contributed by atoms with Crippen LogP contribution < -0.4 is 16.8 Å². The summed E-state index contributed by atoms with van der Waals surface area (Å²) in [5.41, 5.74) is 17.0. The average Bonchev–Trinajstić information content (AvgIpc) is 3.15. The number of nitrogens with two attached hydrogens (primary N) is 2. The van der Waals surface area contributed by atoms with Crippen molar-refractivity contribution in [3.63, 3.8) is 0 Å². The van der Waals surface area contributed by atoms with Crippen molar-refractivity contribution in [1.82, 2.24) is 4.57 Å². The smallest absolute Gasteiger partial charge is 0.122 e. The minimum Gasteiger partial charge on any atom is -0.384 e. The molecule has 4 aromatic rings. The third-order valence-electron chi connectivity index (χ3n) is 5.15. The molecule has 0 aliphatic heterocycles. The molecule has 4 rings (SSSR count).